The van der Waals surface area contributed by atoms with Crippen molar-refractivity contribution in [2.24, 2.45) is 0 Å². The van der Waals surface area contributed by atoms with E-state index < -0.39 is 5.97 Å². The largest absolute Gasteiger partial charge is 0.476 e. The zero-order valence-corrected chi connectivity index (χ0v) is 12.9. The van der Waals surface area contributed by atoms with E-state index in [1.165, 1.54) is 36.6 Å². The lowest BCUT2D eigenvalue weighted by atomic mass is 9.81. The highest BCUT2D eigenvalue weighted by atomic mass is 16.4. The van der Waals surface area contributed by atoms with Crippen molar-refractivity contribution in [2.75, 3.05) is 13.1 Å². The molecule has 1 aliphatic heterocycles. The Bertz CT molecular complexity index is 744. The Kier molecular flexibility index (Phi) is 3.38. The Morgan fingerprint density at radius 1 is 1.22 bits per heavy atom. The highest BCUT2D eigenvalue weighted by Crippen LogP contribution is 2.45. The molecule has 1 aliphatic carbocycles. The highest BCUT2D eigenvalue weighted by Gasteiger charge is 2.43. The van der Waals surface area contributed by atoms with Gasteiger partial charge in [0.05, 0.1) is 18.1 Å². The topological polar surface area (TPSA) is 66.3 Å². The summed E-state index contributed by atoms with van der Waals surface area (Å²) in [6.45, 7) is 2.83. The Balaban J connectivity index is 1.48. The SMILES string of the molecule is O=C(O)c1cnc(CN2CCC3(CCc4ccccc43)C2)cn1. The number of aryl methyl sites for hydroxylation is 1. The molecule has 23 heavy (non-hydrogen) atoms. The van der Waals surface area contributed by atoms with Crippen molar-refractivity contribution in [3.8, 4) is 0 Å². The van der Waals surface area contributed by atoms with E-state index in [0.29, 0.717) is 5.41 Å². The Morgan fingerprint density at radius 3 is 2.87 bits per heavy atom. The zero-order valence-electron chi connectivity index (χ0n) is 12.9. The molecule has 2 aromatic rings. The summed E-state index contributed by atoms with van der Waals surface area (Å²) in [5, 5.41) is 8.88. The van der Waals surface area contributed by atoms with E-state index >= 15 is 0 Å². The summed E-state index contributed by atoms with van der Waals surface area (Å²) >= 11 is 0. The second-order valence-corrected chi connectivity index (χ2v) is 6.60. The fourth-order valence-electron chi connectivity index (χ4n) is 4.06. The van der Waals surface area contributed by atoms with Gasteiger partial charge in [-0.05, 0) is 36.9 Å². The summed E-state index contributed by atoms with van der Waals surface area (Å²) in [5.41, 5.74) is 4.15. The summed E-state index contributed by atoms with van der Waals surface area (Å²) in [4.78, 5) is 21.4. The molecule has 4 rings (SSSR count). The number of benzene rings is 1. The fourth-order valence-corrected chi connectivity index (χ4v) is 4.06. The van der Waals surface area contributed by atoms with Crippen molar-refractivity contribution >= 4 is 5.97 Å². The summed E-state index contributed by atoms with van der Waals surface area (Å²) in [6.07, 6.45) is 6.51. The Labute approximate surface area is 135 Å². The summed E-state index contributed by atoms with van der Waals surface area (Å²) in [6, 6.07) is 8.81. The molecule has 1 saturated heterocycles. The molecule has 5 heteroatoms. The van der Waals surface area contributed by atoms with Gasteiger partial charge in [0.15, 0.2) is 5.69 Å². The molecule has 0 radical (unpaired) electrons. The van der Waals surface area contributed by atoms with E-state index in [4.69, 9.17) is 5.11 Å². The number of carboxylic acids is 1. The molecule has 0 saturated carbocycles. The van der Waals surface area contributed by atoms with Gasteiger partial charge in [-0.2, -0.15) is 0 Å². The summed E-state index contributed by atoms with van der Waals surface area (Å²) in [7, 11) is 0. The van der Waals surface area contributed by atoms with Gasteiger partial charge in [-0.25, -0.2) is 9.78 Å². The zero-order chi connectivity index (χ0) is 15.9. The highest BCUT2D eigenvalue weighted by molar-refractivity contribution is 5.84. The molecule has 1 N–H and O–H groups in total. The molecular weight excluding hydrogens is 290 g/mol. The Hall–Kier alpha value is -2.27. The summed E-state index contributed by atoms with van der Waals surface area (Å²) < 4.78 is 0. The van der Waals surface area contributed by atoms with Crippen LogP contribution in [-0.2, 0) is 18.4 Å². The standard InChI is InChI=1S/C18H19N3O2/c22-17(23)16-10-19-14(9-20-16)11-21-8-7-18(12-21)6-5-13-3-1-2-4-15(13)18/h1-4,9-10H,5-8,11-12H2,(H,22,23). The van der Waals surface area contributed by atoms with Gasteiger partial charge in [-0.15, -0.1) is 0 Å². The number of nitrogens with zero attached hydrogens (tertiary/aromatic N) is 3. The molecule has 0 amide bonds. The van der Waals surface area contributed by atoms with E-state index in [9.17, 15) is 4.79 Å². The van der Waals surface area contributed by atoms with Gasteiger partial charge in [0, 0.05) is 18.5 Å². The van der Waals surface area contributed by atoms with Crippen LogP contribution >= 0.6 is 0 Å². The van der Waals surface area contributed by atoms with Gasteiger partial charge in [-0.3, -0.25) is 9.88 Å². The van der Waals surface area contributed by atoms with Crippen LogP contribution in [0, 0.1) is 0 Å². The number of aromatic carboxylic acids is 1. The van der Waals surface area contributed by atoms with Crippen LogP contribution in [0.4, 0.5) is 0 Å². The van der Waals surface area contributed by atoms with Gasteiger partial charge < -0.3 is 5.11 Å². The number of carbonyl (C=O) groups is 1. The lowest BCUT2D eigenvalue weighted by Gasteiger charge is -2.25. The van der Waals surface area contributed by atoms with E-state index in [2.05, 4.69) is 39.1 Å². The van der Waals surface area contributed by atoms with Gasteiger partial charge >= 0.3 is 5.97 Å². The maximum atomic E-state index is 10.8. The Morgan fingerprint density at radius 2 is 2.09 bits per heavy atom. The van der Waals surface area contributed by atoms with Gasteiger partial charge in [-0.1, -0.05) is 24.3 Å². The molecule has 2 heterocycles. The second-order valence-electron chi connectivity index (χ2n) is 6.60. The molecule has 1 atom stereocenters. The number of likely N-dealkylation sites (tertiary alicyclic amines) is 1. The van der Waals surface area contributed by atoms with Crippen LogP contribution in [0.3, 0.4) is 0 Å². The van der Waals surface area contributed by atoms with E-state index in [-0.39, 0.29) is 5.69 Å². The fraction of sp³-hybridized carbons (Fsp3) is 0.389. The van der Waals surface area contributed by atoms with Gasteiger partial charge in [0.2, 0.25) is 0 Å². The minimum atomic E-state index is -1.04. The average Bonchev–Trinajstić information content (AvgIpc) is 3.14. The first-order chi connectivity index (χ1) is 11.2. The third-order valence-corrected chi connectivity index (χ3v) is 5.20. The van der Waals surface area contributed by atoms with Gasteiger partial charge in [0.1, 0.15) is 0 Å². The van der Waals surface area contributed by atoms with Crippen LogP contribution in [0.1, 0.15) is 40.2 Å². The maximum Gasteiger partial charge on any atom is 0.356 e. The van der Waals surface area contributed by atoms with Crippen LogP contribution < -0.4 is 0 Å². The number of rotatable bonds is 3. The quantitative estimate of drug-likeness (QED) is 0.942. The van der Waals surface area contributed by atoms with Crippen molar-refractivity contribution in [3.63, 3.8) is 0 Å². The molecule has 0 bridgehead atoms. The minimum Gasteiger partial charge on any atom is -0.476 e. The van der Waals surface area contributed by atoms with Crippen LogP contribution in [0.15, 0.2) is 36.7 Å². The molecule has 1 spiro atoms. The van der Waals surface area contributed by atoms with Gasteiger partial charge in [0.25, 0.3) is 0 Å². The van der Waals surface area contributed by atoms with E-state index in [1.54, 1.807) is 6.20 Å². The predicted octanol–water partition coefficient (Wildman–Crippen LogP) is 2.26. The molecule has 2 aliphatic rings. The third kappa shape index (κ3) is 2.51. The van der Waals surface area contributed by atoms with Crippen LogP contribution in [-0.4, -0.2) is 39.0 Å². The first kappa shape index (κ1) is 14.3. The lowest BCUT2D eigenvalue weighted by molar-refractivity contribution is 0.0690. The molecule has 118 valence electrons. The average molecular weight is 309 g/mol. The molecule has 1 unspecified atom stereocenters. The van der Waals surface area contributed by atoms with Crippen LogP contribution in [0.5, 0.6) is 0 Å². The van der Waals surface area contributed by atoms with Crippen molar-refractivity contribution in [1.29, 1.82) is 0 Å². The van der Waals surface area contributed by atoms with Crippen molar-refractivity contribution in [3.05, 3.63) is 59.2 Å². The number of hydrogen-bond acceptors (Lipinski definition) is 4. The lowest BCUT2D eigenvalue weighted by Crippen LogP contribution is -2.29. The van der Waals surface area contributed by atoms with Crippen molar-refractivity contribution in [1.82, 2.24) is 14.9 Å². The molecule has 5 nitrogen and oxygen atoms in total. The van der Waals surface area contributed by atoms with Crippen LogP contribution in [0.25, 0.3) is 0 Å². The normalized spacial score (nSPS) is 23.3. The monoisotopic (exact) mass is 309 g/mol. The molecular formula is C18H19N3O2. The van der Waals surface area contributed by atoms with Crippen molar-refractivity contribution < 1.29 is 9.90 Å². The predicted molar refractivity (Wildman–Crippen MR) is 85.3 cm³/mol. The van der Waals surface area contributed by atoms with Crippen LogP contribution in [0.2, 0.25) is 0 Å². The number of aromatic nitrogens is 2. The number of fused-ring (bicyclic) bond motifs is 2. The maximum absolute atomic E-state index is 10.8. The smallest absolute Gasteiger partial charge is 0.356 e. The molecule has 1 aromatic heterocycles. The van der Waals surface area contributed by atoms with Crippen molar-refractivity contribution in [2.45, 2.75) is 31.2 Å². The number of carboxylic acid groups (broad SMARTS) is 1. The molecule has 1 aromatic carbocycles. The second kappa shape index (κ2) is 5.42. The minimum absolute atomic E-state index is 0.00337. The number of hydrogen-bond donors (Lipinski definition) is 1. The summed E-state index contributed by atoms with van der Waals surface area (Å²) in [5.74, 6) is -1.04. The first-order valence-electron chi connectivity index (χ1n) is 8.01. The molecule has 1 fully saturated rings. The van der Waals surface area contributed by atoms with E-state index in [0.717, 1.165) is 25.3 Å². The first-order valence-corrected chi connectivity index (χ1v) is 8.01. The van der Waals surface area contributed by atoms with E-state index in [1.807, 2.05) is 0 Å². The third-order valence-electron chi connectivity index (χ3n) is 5.20.